The van der Waals surface area contributed by atoms with Crippen molar-refractivity contribution >= 4 is 16.7 Å². The lowest BCUT2D eigenvalue weighted by Gasteiger charge is -2.23. The summed E-state index contributed by atoms with van der Waals surface area (Å²) in [5.74, 6) is 0.309. The van der Waals surface area contributed by atoms with E-state index in [2.05, 4.69) is 33.3 Å². The number of aryl methyl sites for hydroxylation is 2. The third kappa shape index (κ3) is 3.86. The van der Waals surface area contributed by atoms with Crippen molar-refractivity contribution in [2.75, 3.05) is 0 Å². The molecular weight excluding hydrogens is 401 g/mol. The molecule has 160 valence electrons. The molecule has 3 heterocycles. The summed E-state index contributed by atoms with van der Waals surface area (Å²) in [4.78, 5) is 41.3. The Balaban J connectivity index is 0.000000217. The molecule has 1 aliphatic rings. The van der Waals surface area contributed by atoms with Crippen molar-refractivity contribution in [3.8, 4) is 0 Å². The molecule has 5 rings (SSSR count). The molecular formula is C22H22FN5O3. The molecule has 0 saturated carbocycles. The van der Waals surface area contributed by atoms with Gasteiger partial charge in [0.15, 0.2) is 5.78 Å². The van der Waals surface area contributed by atoms with Crippen LogP contribution in [0.1, 0.15) is 28.3 Å². The predicted octanol–water partition coefficient (Wildman–Crippen LogP) is 2.33. The number of carbonyl (C=O) groups is 1. The predicted molar refractivity (Wildman–Crippen MR) is 114 cm³/mol. The number of hydrogen-bond acceptors (Lipinski definition) is 4. The van der Waals surface area contributed by atoms with E-state index in [9.17, 15) is 18.8 Å². The maximum Gasteiger partial charge on any atom is 0.325 e. The number of halogens is 1. The van der Waals surface area contributed by atoms with E-state index < -0.39 is 17.1 Å². The highest BCUT2D eigenvalue weighted by Crippen LogP contribution is 2.34. The summed E-state index contributed by atoms with van der Waals surface area (Å²) in [6.07, 6.45) is 6.34. The summed E-state index contributed by atoms with van der Waals surface area (Å²) < 4.78 is 16.2. The number of nitrogens with zero attached hydrogens (tertiary/aromatic N) is 3. The molecule has 1 unspecified atom stereocenters. The van der Waals surface area contributed by atoms with Crippen LogP contribution in [0.3, 0.4) is 0 Å². The number of aromatic nitrogens is 5. The smallest absolute Gasteiger partial charge is 0.325 e. The summed E-state index contributed by atoms with van der Waals surface area (Å²) in [5.41, 5.74) is 1.57. The highest BCUT2D eigenvalue weighted by Gasteiger charge is 2.32. The molecule has 0 spiro atoms. The van der Waals surface area contributed by atoms with Gasteiger partial charge < -0.3 is 14.1 Å². The SMILES string of the molecule is Cc1nccn1CC1CCc2c(c3ccccc3n2C)C1=O.O=c1[nH]cc(F)c(=O)[nH]1. The molecule has 0 fully saturated rings. The topological polar surface area (TPSA) is 106 Å². The standard InChI is InChI=1S/C18H19N3O.C4H3FN2O2/c1-12-19-9-10-21(12)11-13-7-8-16-17(18(13)22)14-5-3-4-6-15(14)20(16)2;5-2-1-6-4(9)7-3(2)8/h3-6,9-10,13H,7-8,11H2,1-2H3;1H,(H2,6,7,8,9). The molecule has 0 bridgehead atoms. The van der Waals surface area contributed by atoms with Crippen LogP contribution >= 0.6 is 0 Å². The van der Waals surface area contributed by atoms with Gasteiger partial charge >= 0.3 is 5.69 Å². The lowest BCUT2D eigenvalue weighted by atomic mass is 9.85. The Morgan fingerprint density at radius 2 is 2.00 bits per heavy atom. The molecule has 1 aliphatic carbocycles. The van der Waals surface area contributed by atoms with E-state index in [0.717, 1.165) is 41.7 Å². The average Bonchev–Trinajstić information content (AvgIpc) is 3.29. The van der Waals surface area contributed by atoms with Crippen molar-refractivity contribution in [1.29, 1.82) is 0 Å². The zero-order valence-corrected chi connectivity index (χ0v) is 17.2. The summed E-state index contributed by atoms with van der Waals surface area (Å²) in [6.45, 7) is 2.71. The number of H-pyrrole nitrogens is 2. The minimum atomic E-state index is -1.00. The summed E-state index contributed by atoms with van der Waals surface area (Å²) in [5, 5.41) is 1.09. The first-order valence-electron chi connectivity index (χ1n) is 9.92. The second-order valence-corrected chi connectivity index (χ2v) is 7.54. The van der Waals surface area contributed by atoms with Crippen LogP contribution in [-0.2, 0) is 20.0 Å². The number of carbonyl (C=O) groups excluding carboxylic acids is 1. The highest BCUT2D eigenvalue weighted by molar-refractivity contribution is 6.11. The van der Waals surface area contributed by atoms with Crippen molar-refractivity contribution in [3.05, 3.63) is 86.6 Å². The van der Waals surface area contributed by atoms with Crippen LogP contribution in [0.2, 0.25) is 0 Å². The Morgan fingerprint density at radius 3 is 2.68 bits per heavy atom. The van der Waals surface area contributed by atoms with Crippen molar-refractivity contribution in [2.45, 2.75) is 26.3 Å². The molecule has 3 aromatic heterocycles. The van der Waals surface area contributed by atoms with E-state index in [0.29, 0.717) is 6.20 Å². The fraction of sp³-hybridized carbons (Fsp3) is 0.273. The van der Waals surface area contributed by atoms with Gasteiger partial charge in [-0.25, -0.2) is 9.78 Å². The van der Waals surface area contributed by atoms with Crippen LogP contribution in [0.15, 0.2) is 52.4 Å². The summed E-state index contributed by atoms with van der Waals surface area (Å²) >= 11 is 0. The number of para-hydroxylation sites is 1. The third-order valence-corrected chi connectivity index (χ3v) is 5.69. The maximum atomic E-state index is 13.0. The third-order valence-electron chi connectivity index (χ3n) is 5.69. The Kier molecular flexibility index (Phi) is 5.41. The Labute approximate surface area is 176 Å². The van der Waals surface area contributed by atoms with E-state index in [1.165, 1.54) is 5.69 Å². The average molecular weight is 423 g/mol. The lowest BCUT2D eigenvalue weighted by molar-refractivity contribution is 0.0888. The monoisotopic (exact) mass is 423 g/mol. The number of fused-ring (bicyclic) bond motifs is 3. The first-order valence-corrected chi connectivity index (χ1v) is 9.92. The van der Waals surface area contributed by atoms with Gasteiger partial charge in [0.1, 0.15) is 5.82 Å². The Bertz CT molecular complexity index is 1380. The first kappa shape index (κ1) is 20.5. The van der Waals surface area contributed by atoms with Crippen LogP contribution in [0.5, 0.6) is 0 Å². The fourth-order valence-corrected chi connectivity index (χ4v) is 4.06. The summed E-state index contributed by atoms with van der Waals surface area (Å²) in [6, 6.07) is 8.21. The summed E-state index contributed by atoms with van der Waals surface area (Å²) in [7, 11) is 2.06. The molecule has 0 radical (unpaired) electrons. The number of aromatic amines is 2. The highest BCUT2D eigenvalue weighted by atomic mass is 19.1. The van der Waals surface area contributed by atoms with Gasteiger partial charge in [-0.2, -0.15) is 4.39 Å². The quantitative estimate of drug-likeness (QED) is 0.516. The number of benzene rings is 1. The zero-order valence-electron chi connectivity index (χ0n) is 17.2. The molecule has 0 saturated heterocycles. The van der Waals surface area contributed by atoms with Crippen molar-refractivity contribution in [2.24, 2.45) is 13.0 Å². The van der Waals surface area contributed by atoms with Crippen LogP contribution in [0.4, 0.5) is 4.39 Å². The van der Waals surface area contributed by atoms with Gasteiger partial charge in [-0.15, -0.1) is 0 Å². The first-order chi connectivity index (χ1) is 14.9. The number of hydrogen-bond donors (Lipinski definition) is 2. The van der Waals surface area contributed by atoms with Crippen LogP contribution in [0.25, 0.3) is 10.9 Å². The second-order valence-electron chi connectivity index (χ2n) is 7.54. The molecule has 0 amide bonds. The minimum Gasteiger partial charge on any atom is -0.347 e. The number of nitrogens with one attached hydrogen (secondary N) is 2. The largest absolute Gasteiger partial charge is 0.347 e. The Morgan fingerprint density at radius 1 is 1.23 bits per heavy atom. The molecule has 4 aromatic rings. The van der Waals surface area contributed by atoms with E-state index >= 15 is 0 Å². The number of Topliss-reactive ketones (excluding diaryl/α,β-unsaturated/α-hetero) is 1. The second kappa shape index (κ2) is 8.17. The van der Waals surface area contributed by atoms with Crippen LogP contribution in [-0.4, -0.2) is 29.9 Å². The van der Waals surface area contributed by atoms with Gasteiger partial charge in [0, 0.05) is 60.3 Å². The number of rotatable bonds is 2. The van der Waals surface area contributed by atoms with E-state index in [-0.39, 0.29) is 11.7 Å². The van der Waals surface area contributed by atoms with Gasteiger partial charge in [0.2, 0.25) is 5.82 Å². The normalized spacial score (nSPS) is 15.5. The molecule has 2 N–H and O–H groups in total. The van der Waals surface area contributed by atoms with Crippen molar-refractivity contribution < 1.29 is 9.18 Å². The van der Waals surface area contributed by atoms with E-state index in [4.69, 9.17) is 0 Å². The number of imidazole rings is 1. The van der Waals surface area contributed by atoms with E-state index in [1.54, 1.807) is 11.2 Å². The van der Waals surface area contributed by atoms with Crippen LogP contribution < -0.4 is 11.2 Å². The molecule has 1 aromatic carbocycles. The van der Waals surface area contributed by atoms with Crippen molar-refractivity contribution in [1.82, 2.24) is 24.1 Å². The number of ketones is 1. The molecule has 9 heteroatoms. The maximum absolute atomic E-state index is 13.0. The van der Waals surface area contributed by atoms with Gasteiger partial charge in [0.05, 0.1) is 0 Å². The molecule has 1 atom stereocenters. The van der Waals surface area contributed by atoms with Gasteiger partial charge in [-0.05, 0) is 25.8 Å². The zero-order chi connectivity index (χ0) is 22.1. The van der Waals surface area contributed by atoms with Crippen molar-refractivity contribution in [3.63, 3.8) is 0 Å². The van der Waals surface area contributed by atoms with Crippen LogP contribution in [0, 0.1) is 18.7 Å². The molecule has 0 aliphatic heterocycles. The van der Waals surface area contributed by atoms with Gasteiger partial charge in [-0.1, -0.05) is 18.2 Å². The lowest BCUT2D eigenvalue weighted by Crippen LogP contribution is -2.27. The van der Waals surface area contributed by atoms with Gasteiger partial charge in [-0.3, -0.25) is 14.6 Å². The Hall–Kier alpha value is -3.75. The molecule has 8 nitrogen and oxygen atoms in total. The minimum absolute atomic E-state index is 0.0474. The molecule has 31 heavy (non-hydrogen) atoms. The fourth-order valence-electron chi connectivity index (χ4n) is 4.06. The van der Waals surface area contributed by atoms with E-state index in [1.807, 2.05) is 30.2 Å². The van der Waals surface area contributed by atoms with Gasteiger partial charge in [0.25, 0.3) is 5.56 Å².